The lowest BCUT2D eigenvalue weighted by molar-refractivity contribution is 0.124. The number of aliphatic hydroxyl groups excluding tert-OH is 1. The molecule has 0 saturated heterocycles. The third-order valence-electron chi connectivity index (χ3n) is 2.42. The Hall–Kier alpha value is -0.0800. The maximum atomic E-state index is 9.28. The summed E-state index contributed by atoms with van der Waals surface area (Å²) in [6.07, 6.45) is 1.97. The van der Waals surface area contributed by atoms with Crippen LogP contribution in [-0.4, -0.2) is 17.8 Å². The molecule has 0 bridgehead atoms. The maximum Gasteiger partial charge on any atom is 0.0583 e. The molecule has 0 aromatic heterocycles. The molecule has 1 aliphatic rings. The molecule has 2 nitrogen and oxygen atoms in total. The standard InChI is InChI=1S/C7H15NO/c1-5-2-3-7(9)6(5)4-8/h5-7,9H,2-4,8H2,1H3/t5-,6+,7+/m1/s1. The fourth-order valence-corrected chi connectivity index (χ4v) is 1.63. The van der Waals surface area contributed by atoms with Gasteiger partial charge >= 0.3 is 0 Å². The van der Waals surface area contributed by atoms with Crippen LogP contribution in [0.25, 0.3) is 0 Å². The topological polar surface area (TPSA) is 46.2 Å². The van der Waals surface area contributed by atoms with E-state index in [1.54, 1.807) is 0 Å². The Morgan fingerprint density at radius 1 is 1.56 bits per heavy atom. The second-order valence-electron chi connectivity index (χ2n) is 3.02. The van der Waals surface area contributed by atoms with Gasteiger partial charge in [-0.3, -0.25) is 0 Å². The summed E-state index contributed by atoms with van der Waals surface area (Å²) in [5.74, 6) is 0.995. The minimum absolute atomic E-state index is 0.120. The largest absolute Gasteiger partial charge is 0.393 e. The van der Waals surface area contributed by atoms with Crippen LogP contribution in [0, 0.1) is 11.8 Å². The first kappa shape index (κ1) is 7.03. The van der Waals surface area contributed by atoms with Crippen molar-refractivity contribution in [1.29, 1.82) is 0 Å². The molecule has 1 aliphatic carbocycles. The molecule has 0 heterocycles. The fraction of sp³-hybridized carbons (Fsp3) is 1.00. The van der Waals surface area contributed by atoms with E-state index in [1.165, 1.54) is 0 Å². The van der Waals surface area contributed by atoms with E-state index in [2.05, 4.69) is 6.92 Å². The van der Waals surface area contributed by atoms with Crippen molar-refractivity contribution in [2.24, 2.45) is 17.6 Å². The molecule has 54 valence electrons. The number of rotatable bonds is 1. The van der Waals surface area contributed by atoms with E-state index in [9.17, 15) is 5.11 Å². The fourth-order valence-electron chi connectivity index (χ4n) is 1.63. The van der Waals surface area contributed by atoms with E-state index in [1.807, 2.05) is 0 Å². The smallest absolute Gasteiger partial charge is 0.0583 e. The number of hydrogen-bond acceptors (Lipinski definition) is 2. The summed E-state index contributed by atoms with van der Waals surface area (Å²) < 4.78 is 0. The van der Waals surface area contributed by atoms with E-state index in [0.717, 1.165) is 12.8 Å². The maximum absolute atomic E-state index is 9.28. The zero-order chi connectivity index (χ0) is 6.85. The van der Waals surface area contributed by atoms with E-state index < -0.39 is 0 Å². The number of aliphatic hydroxyl groups is 1. The van der Waals surface area contributed by atoms with Crippen molar-refractivity contribution in [1.82, 2.24) is 0 Å². The van der Waals surface area contributed by atoms with E-state index in [-0.39, 0.29) is 6.10 Å². The highest BCUT2D eigenvalue weighted by atomic mass is 16.3. The molecule has 0 radical (unpaired) electrons. The van der Waals surface area contributed by atoms with E-state index in [4.69, 9.17) is 5.73 Å². The first-order valence-corrected chi connectivity index (χ1v) is 3.64. The highest BCUT2D eigenvalue weighted by Gasteiger charge is 2.30. The predicted molar refractivity (Wildman–Crippen MR) is 36.9 cm³/mol. The highest BCUT2D eigenvalue weighted by Crippen LogP contribution is 2.30. The van der Waals surface area contributed by atoms with Crippen LogP contribution in [0.4, 0.5) is 0 Å². The first-order chi connectivity index (χ1) is 4.25. The molecule has 1 rings (SSSR count). The molecule has 9 heavy (non-hydrogen) atoms. The lowest BCUT2D eigenvalue weighted by Gasteiger charge is -2.15. The zero-order valence-electron chi connectivity index (χ0n) is 5.88. The average Bonchev–Trinajstić information content (AvgIpc) is 2.12. The molecule has 0 unspecified atom stereocenters. The van der Waals surface area contributed by atoms with Gasteiger partial charge in [-0.25, -0.2) is 0 Å². The van der Waals surface area contributed by atoms with Gasteiger partial charge in [-0.1, -0.05) is 6.92 Å². The predicted octanol–water partition coefficient (Wildman–Crippen LogP) is 0.352. The summed E-state index contributed by atoms with van der Waals surface area (Å²) in [6, 6.07) is 0. The van der Waals surface area contributed by atoms with Gasteiger partial charge in [-0.2, -0.15) is 0 Å². The van der Waals surface area contributed by atoms with Crippen LogP contribution in [0.1, 0.15) is 19.8 Å². The Kier molecular flexibility index (Phi) is 2.09. The molecule has 3 atom stereocenters. The van der Waals surface area contributed by atoms with Crippen LogP contribution in [0.5, 0.6) is 0 Å². The molecular weight excluding hydrogens is 114 g/mol. The quantitative estimate of drug-likeness (QED) is 0.536. The summed E-state index contributed by atoms with van der Waals surface area (Å²) in [5, 5.41) is 9.28. The van der Waals surface area contributed by atoms with Crippen molar-refractivity contribution in [3.8, 4) is 0 Å². The zero-order valence-corrected chi connectivity index (χ0v) is 5.88. The lowest BCUT2D eigenvalue weighted by atomic mass is 9.97. The van der Waals surface area contributed by atoms with Crippen molar-refractivity contribution in [2.45, 2.75) is 25.9 Å². The number of hydrogen-bond donors (Lipinski definition) is 2. The van der Waals surface area contributed by atoms with Gasteiger partial charge in [0.15, 0.2) is 0 Å². The first-order valence-electron chi connectivity index (χ1n) is 3.64. The summed E-state index contributed by atoms with van der Waals surface area (Å²) in [4.78, 5) is 0. The van der Waals surface area contributed by atoms with Gasteiger partial charge in [0.1, 0.15) is 0 Å². The Morgan fingerprint density at radius 2 is 2.22 bits per heavy atom. The Bertz CT molecular complexity index is 84.9. The lowest BCUT2D eigenvalue weighted by Crippen LogP contribution is -2.26. The second-order valence-corrected chi connectivity index (χ2v) is 3.02. The average molecular weight is 129 g/mol. The SMILES string of the molecule is C[C@@H]1CC[C@H](O)[C@H]1CN. The minimum Gasteiger partial charge on any atom is -0.393 e. The van der Waals surface area contributed by atoms with Crippen LogP contribution >= 0.6 is 0 Å². The van der Waals surface area contributed by atoms with Gasteiger partial charge in [0.25, 0.3) is 0 Å². The van der Waals surface area contributed by atoms with E-state index in [0.29, 0.717) is 18.4 Å². The van der Waals surface area contributed by atoms with Gasteiger partial charge in [0.05, 0.1) is 6.10 Å². The monoisotopic (exact) mass is 129 g/mol. The summed E-state index contributed by atoms with van der Waals surface area (Å²) in [5.41, 5.74) is 5.45. The molecule has 2 heteroatoms. The Labute approximate surface area is 56.1 Å². The molecule has 0 amide bonds. The van der Waals surface area contributed by atoms with Crippen LogP contribution in [0.2, 0.25) is 0 Å². The van der Waals surface area contributed by atoms with Gasteiger partial charge in [-0.15, -0.1) is 0 Å². The van der Waals surface area contributed by atoms with Gasteiger partial charge in [-0.05, 0) is 31.2 Å². The summed E-state index contributed by atoms with van der Waals surface area (Å²) in [6.45, 7) is 2.80. The second kappa shape index (κ2) is 2.67. The van der Waals surface area contributed by atoms with Crippen molar-refractivity contribution >= 4 is 0 Å². The molecular formula is C7H15NO. The van der Waals surface area contributed by atoms with Crippen molar-refractivity contribution < 1.29 is 5.11 Å². The molecule has 0 spiro atoms. The van der Waals surface area contributed by atoms with E-state index >= 15 is 0 Å². The summed E-state index contributed by atoms with van der Waals surface area (Å²) >= 11 is 0. The molecule has 3 N–H and O–H groups in total. The number of nitrogens with two attached hydrogens (primary N) is 1. The molecule has 1 saturated carbocycles. The van der Waals surface area contributed by atoms with Crippen LogP contribution in [-0.2, 0) is 0 Å². The Morgan fingerprint density at radius 3 is 2.44 bits per heavy atom. The van der Waals surface area contributed by atoms with Crippen molar-refractivity contribution in [3.05, 3.63) is 0 Å². The molecule has 1 fully saturated rings. The Balaban J connectivity index is 2.44. The normalized spacial score (nSPS) is 43.7. The van der Waals surface area contributed by atoms with Crippen molar-refractivity contribution in [3.63, 3.8) is 0 Å². The van der Waals surface area contributed by atoms with Crippen LogP contribution < -0.4 is 5.73 Å². The highest BCUT2D eigenvalue weighted by molar-refractivity contribution is 4.82. The summed E-state index contributed by atoms with van der Waals surface area (Å²) in [7, 11) is 0. The third-order valence-corrected chi connectivity index (χ3v) is 2.42. The van der Waals surface area contributed by atoms with Crippen LogP contribution in [0.15, 0.2) is 0 Å². The van der Waals surface area contributed by atoms with Gasteiger partial charge in [0, 0.05) is 0 Å². The van der Waals surface area contributed by atoms with Gasteiger partial charge in [0.2, 0.25) is 0 Å². The molecule has 0 aromatic carbocycles. The third kappa shape index (κ3) is 1.25. The molecule has 0 aromatic rings. The van der Waals surface area contributed by atoms with Crippen LogP contribution in [0.3, 0.4) is 0 Å². The molecule has 0 aliphatic heterocycles. The minimum atomic E-state index is -0.120. The van der Waals surface area contributed by atoms with Gasteiger partial charge < -0.3 is 10.8 Å². The van der Waals surface area contributed by atoms with Crippen molar-refractivity contribution in [2.75, 3.05) is 6.54 Å².